The number of nitrogens with zero attached hydrogens (tertiary/aromatic N) is 2. The molecule has 0 aliphatic rings. The second-order valence-corrected chi connectivity index (χ2v) is 5.57. The van der Waals surface area contributed by atoms with Crippen LogP contribution in [0.5, 0.6) is 0 Å². The van der Waals surface area contributed by atoms with Crippen molar-refractivity contribution in [3.8, 4) is 0 Å². The number of hydrogen-bond donors (Lipinski definition) is 1. The zero-order valence-electron chi connectivity index (χ0n) is 11.1. The Balaban J connectivity index is 1.87. The van der Waals surface area contributed by atoms with E-state index in [1.165, 1.54) is 17.7 Å². The summed E-state index contributed by atoms with van der Waals surface area (Å²) in [4.78, 5) is 1.09. The van der Waals surface area contributed by atoms with E-state index in [9.17, 15) is 4.39 Å². The highest BCUT2D eigenvalue weighted by molar-refractivity contribution is 7.99. The molecule has 1 heterocycles. The average molecular weight is 279 g/mol. The number of halogens is 1. The highest BCUT2D eigenvalue weighted by Crippen LogP contribution is 2.20. The van der Waals surface area contributed by atoms with Gasteiger partial charge in [0.25, 0.3) is 0 Å². The van der Waals surface area contributed by atoms with Gasteiger partial charge in [-0.1, -0.05) is 0 Å². The molecule has 1 aromatic carbocycles. The largest absolute Gasteiger partial charge is 0.316 e. The highest BCUT2D eigenvalue weighted by atomic mass is 32.2. The van der Waals surface area contributed by atoms with Crippen molar-refractivity contribution < 1.29 is 4.39 Å². The van der Waals surface area contributed by atoms with Gasteiger partial charge in [0.05, 0.1) is 6.20 Å². The third-order valence-corrected chi connectivity index (χ3v) is 4.09. The molecule has 0 amide bonds. The van der Waals surface area contributed by atoms with Crippen LogP contribution >= 0.6 is 11.8 Å². The van der Waals surface area contributed by atoms with Crippen LogP contribution in [0.3, 0.4) is 0 Å². The minimum atomic E-state index is -0.190. The van der Waals surface area contributed by atoms with E-state index in [-0.39, 0.29) is 5.82 Å². The third kappa shape index (κ3) is 4.36. The summed E-state index contributed by atoms with van der Waals surface area (Å²) in [6.07, 6.45) is 4.87. The molecule has 0 saturated heterocycles. The normalized spacial score (nSPS) is 12.6. The van der Waals surface area contributed by atoms with E-state index in [1.54, 1.807) is 11.8 Å². The Morgan fingerprint density at radius 1 is 1.37 bits per heavy atom. The van der Waals surface area contributed by atoms with Crippen molar-refractivity contribution in [1.82, 2.24) is 15.1 Å². The lowest BCUT2D eigenvalue weighted by Crippen LogP contribution is -2.29. The maximum atomic E-state index is 12.8. The minimum absolute atomic E-state index is 0.190. The van der Waals surface area contributed by atoms with Gasteiger partial charge in [-0.2, -0.15) is 5.10 Å². The van der Waals surface area contributed by atoms with E-state index < -0.39 is 0 Å². The summed E-state index contributed by atoms with van der Waals surface area (Å²) in [6, 6.07) is 7.00. The number of likely N-dealkylation sites (N-methyl/N-ethyl adjacent to an activating group) is 1. The van der Waals surface area contributed by atoms with Gasteiger partial charge < -0.3 is 5.32 Å². The second-order valence-electron chi connectivity index (χ2n) is 4.48. The molecule has 0 aliphatic heterocycles. The molecule has 0 saturated carbocycles. The number of hydrogen-bond acceptors (Lipinski definition) is 3. The number of nitrogens with one attached hydrogen (secondary N) is 1. The Morgan fingerprint density at radius 3 is 2.68 bits per heavy atom. The summed E-state index contributed by atoms with van der Waals surface area (Å²) in [5.74, 6) is 0.752. The molecule has 1 unspecified atom stereocenters. The monoisotopic (exact) mass is 279 g/mol. The van der Waals surface area contributed by atoms with Gasteiger partial charge in [0, 0.05) is 29.9 Å². The van der Waals surface area contributed by atoms with Crippen LogP contribution in [0.1, 0.15) is 5.56 Å². The molecule has 0 aliphatic carbocycles. The van der Waals surface area contributed by atoms with E-state index in [0.717, 1.165) is 17.1 Å². The maximum Gasteiger partial charge on any atom is 0.123 e. The van der Waals surface area contributed by atoms with Gasteiger partial charge in [-0.3, -0.25) is 4.68 Å². The van der Waals surface area contributed by atoms with Gasteiger partial charge in [0.15, 0.2) is 0 Å². The summed E-state index contributed by atoms with van der Waals surface area (Å²) < 4.78 is 14.6. The van der Waals surface area contributed by atoms with Gasteiger partial charge in [0.2, 0.25) is 0 Å². The molecule has 19 heavy (non-hydrogen) atoms. The molecule has 102 valence electrons. The highest BCUT2D eigenvalue weighted by Gasteiger charge is 2.09. The molecule has 5 heteroatoms. The fraction of sp³-hybridized carbons (Fsp3) is 0.357. The van der Waals surface area contributed by atoms with Gasteiger partial charge in [-0.15, -0.1) is 11.8 Å². The molecule has 1 N–H and O–H groups in total. The van der Waals surface area contributed by atoms with Crippen molar-refractivity contribution in [2.75, 3.05) is 12.8 Å². The predicted octanol–water partition coefficient (Wildman–Crippen LogP) is 2.48. The zero-order chi connectivity index (χ0) is 13.7. The fourth-order valence-corrected chi connectivity index (χ4v) is 2.84. The molecule has 0 spiro atoms. The Kier molecular flexibility index (Phi) is 4.99. The van der Waals surface area contributed by atoms with Crippen LogP contribution in [0.15, 0.2) is 41.6 Å². The molecule has 3 nitrogen and oxygen atoms in total. The molecular formula is C14H18FN3S. The first-order valence-electron chi connectivity index (χ1n) is 6.20. The van der Waals surface area contributed by atoms with Crippen molar-refractivity contribution in [2.24, 2.45) is 7.05 Å². The minimum Gasteiger partial charge on any atom is -0.316 e. The van der Waals surface area contributed by atoms with Crippen LogP contribution < -0.4 is 5.32 Å². The standard InChI is InChI=1S/C14H18FN3S/c1-16-13(7-11-8-17-18(2)9-11)10-19-14-5-3-12(15)4-6-14/h3-6,8-9,13,16H,7,10H2,1-2H3. The van der Waals surface area contributed by atoms with Crippen LogP contribution in [0.25, 0.3) is 0 Å². The number of aryl methyl sites for hydroxylation is 1. The van der Waals surface area contributed by atoms with Gasteiger partial charge in [-0.25, -0.2) is 4.39 Å². The van der Waals surface area contributed by atoms with Crippen molar-refractivity contribution in [3.05, 3.63) is 48.0 Å². The lowest BCUT2D eigenvalue weighted by atomic mass is 10.1. The summed E-state index contributed by atoms with van der Waals surface area (Å²) in [5.41, 5.74) is 1.22. The topological polar surface area (TPSA) is 29.9 Å². The van der Waals surface area contributed by atoms with Crippen molar-refractivity contribution in [1.29, 1.82) is 0 Å². The lowest BCUT2D eigenvalue weighted by molar-refractivity contribution is 0.616. The summed E-state index contributed by atoms with van der Waals surface area (Å²) in [7, 11) is 3.89. The zero-order valence-corrected chi connectivity index (χ0v) is 12.0. The first kappa shape index (κ1) is 14.1. The van der Waals surface area contributed by atoms with E-state index in [0.29, 0.717) is 6.04 Å². The van der Waals surface area contributed by atoms with Crippen LogP contribution in [0.2, 0.25) is 0 Å². The summed E-state index contributed by atoms with van der Waals surface area (Å²) >= 11 is 1.73. The molecular weight excluding hydrogens is 261 g/mol. The van der Waals surface area contributed by atoms with Crippen LogP contribution in [-0.2, 0) is 13.5 Å². The van der Waals surface area contributed by atoms with Gasteiger partial charge >= 0.3 is 0 Å². The van der Waals surface area contributed by atoms with Crippen LogP contribution in [0.4, 0.5) is 4.39 Å². The quantitative estimate of drug-likeness (QED) is 0.824. The number of thioether (sulfide) groups is 1. The van der Waals surface area contributed by atoms with Crippen molar-refractivity contribution in [3.63, 3.8) is 0 Å². The molecule has 1 atom stereocenters. The number of rotatable bonds is 6. The molecule has 0 radical (unpaired) electrons. The van der Waals surface area contributed by atoms with Gasteiger partial charge in [-0.05, 0) is 43.3 Å². The van der Waals surface area contributed by atoms with Crippen molar-refractivity contribution in [2.45, 2.75) is 17.4 Å². The van der Waals surface area contributed by atoms with Gasteiger partial charge in [0.1, 0.15) is 5.82 Å². The maximum absolute atomic E-state index is 12.8. The van der Waals surface area contributed by atoms with E-state index >= 15 is 0 Å². The molecule has 1 aromatic heterocycles. The Hall–Kier alpha value is -1.33. The first-order chi connectivity index (χ1) is 9.17. The molecule has 2 aromatic rings. The molecule has 2 rings (SSSR count). The smallest absolute Gasteiger partial charge is 0.123 e. The van der Waals surface area contributed by atoms with Crippen molar-refractivity contribution >= 4 is 11.8 Å². The van der Waals surface area contributed by atoms with E-state index in [2.05, 4.69) is 10.4 Å². The third-order valence-electron chi connectivity index (χ3n) is 2.91. The summed E-state index contributed by atoms with van der Waals surface area (Å²) in [6.45, 7) is 0. The lowest BCUT2D eigenvalue weighted by Gasteiger charge is -2.14. The summed E-state index contributed by atoms with van der Waals surface area (Å²) in [5, 5.41) is 7.48. The van der Waals surface area contributed by atoms with Crippen LogP contribution in [0, 0.1) is 5.82 Å². The molecule has 0 fully saturated rings. The Morgan fingerprint density at radius 2 is 2.11 bits per heavy atom. The Bertz CT molecular complexity index is 510. The van der Waals surface area contributed by atoms with E-state index in [1.807, 2.05) is 43.3 Å². The average Bonchev–Trinajstić information content (AvgIpc) is 2.82. The van der Waals surface area contributed by atoms with Crippen LogP contribution in [-0.4, -0.2) is 28.6 Å². The fourth-order valence-electron chi connectivity index (χ4n) is 1.83. The predicted molar refractivity (Wildman–Crippen MR) is 76.9 cm³/mol. The Labute approximate surface area is 117 Å². The SMILES string of the molecule is CNC(CSc1ccc(F)cc1)Cc1cnn(C)c1. The second kappa shape index (κ2) is 6.73. The van der Waals surface area contributed by atoms with E-state index in [4.69, 9.17) is 0 Å². The first-order valence-corrected chi connectivity index (χ1v) is 7.19. The molecule has 0 bridgehead atoms. The number of benzene rings is 1. The number of aromatic nitrogens is 2.